The number of piperidine rings is 1. The van der Waals surface area contributed by atoms with E-state index < -0.39 is 12.0 Å². The third kappa shape index (κ3) is 8.06. The van der Waals surface area contributed by atoms with E-state index in [0.717, 1.165) is 98.1 Å². The second-order valence-corrected chi connectivity index (χ2v) is 15.8. The fourth-order valence-electron chi connectivity index (χ4n) is 8.28. The molecule has 2 aromatic heterocycles. The Morgan fingerprint density at radius 1 is 0.764 bits per heavy atom. The Bertz CT molecular complexity index is 2120. The number of carbonyl (C=O) groups is 3. The smallest absolute Gasteiger partial charge is 0.320 e. The van der Waals surface area contributed by atoms with Gasteiger partial charge in [0.05, 0.1) is 6.10 Å². The van der Waals surface area contributed by atoms with Crippen molar-refractivity contribution in [2.24, 2.45) is 0 Å². The molecule has 2 saturated carbocycles. The average Bonchev–Trinajstić information content (AvgIpc) is 4.10. The number of methoxy groups -OCH3 is 1. The zero-order valence-electron chi connectivity index (χ0n) is 31.9. The molecule has 3 N–H and O–H groups in total. The lowest BCUT2D eigenvalue weighted by molar-refractivity contribution is -0.144. The molecule has 2 saturated heterocycles. The quantitative estimate of drug-likeness (QED) is 0.129. The maximum Gasteiger partial charge on any atom is 0.320 e. The summed E-state index contributed by atoms with van der Waals surface area (Å²) in [5, 5.41) is 16.0. The van der Waals surface area contributed by atoms with Gasteiger partial charge in [-0.25, -0.2) is 0 Å². The van der Waals surface area contributed by atoms with Gasteiger partial charge in [-0.05, 0) is 140 Å². The van der Waals surface area contributed by atoms with E-state index in [2.05, 4.69) is 25.5 Å². The molecule has 55 heavy (non-hydrogen) atoms. The van der Waals surface area contributed by atoms with Gasteiger partial charge in [-0.1, -0.05) is 30.7 Å². The molecule has 2 aromatic carbocycles. The number of nitrogens with zero attached hydrogens (tertiary/aromatic N) is 4. The summed E-state index contributed by atoms with van der Waals surface area (Å²) in [6.07, 6.45) is 10.9. The Hall–Kier alpha value is -4.97. The molecular weight excluding hydrogens is 693 g/mol. The van der Waals surface area contributed by atoms with Crippen molar-refractivity contribution < 1.29 is 24.2 Å². The highest BCUT2D eigenvalue weighted by Crippen LogP contribution is 2.43. The van der Waals surface area contributed by atoms with Crippen LogP contribution in [-0.4, -0.2) is 81.5 Å². The van der Waals surface area contributed by atoms with Crippen LogP contribution >= 0.6 is 0 Å². The number of likely N-dealkylation sites (tertiary alicyclic amines) is 2. The molecule has 0 bridgehead atoms. The lowest BCUT2D eigenvalue weighted by Gasteiger charge is -2.38. The van der Waals surface area contributed by atoms with Crippen LogP contribution in [0.15, 0.2) is 60.9 Å². The second-order valence-electron chi connectivity index (χ2n) is 15.8. The molecule has 11 heteroatoms. The summed E-state index contributed by atoms with van der Waals surface area (Å²) in [7, 11) is 1.75. The van der Waals surface area contributed by atoms with E-state index in [1.54, 1.807) is 13.3 Å². The highest BCUT2D eigenvalue weighted by Gasteiger charge is 2.33. The Balaban J connectivity index is 0.972. The molecule has 286 valence electrons. The lowest BCUT2D eigenvalue weighted by atomic mass is 9.94. The SMILES string of the molecule is COC1CN(Cc2cnc(C(=O)Nc3cccc(-c4cccc(NC(=O)c5cc(C6CC6)c(CN6CCCC[C@H]6C(=O)O)cn5)c4C)c3C)cc2C2CC2)C1. The summed E-state index contributed by atoms with van der Waals surface area (Å²) >= 11 is 0. The molecule has 4 fully saturated rings. The number of aliphatic carboxylic acids is 1. The number of nitrogens with one attached hydrogen (secondary N) is 2. The van der Waals surface area contributed by atoms with E-state index in [-0.39, 0.29) is 11.8 Å². The number of rotatable bonds is 13. The second kappa shape index (κ2) is 15.6. The Morgan fingerprint density at radius 2 is 1.29 bits per heavy atom. The number of carboxylic acid groups (broad SMARTS) is 1. The van der Waals surface area contributed by atoms with Crippen LogP contribution in [0.4, 0.5) is 11.4 Å². The van der Waals surface area contributed by atoms with Crippen molar-refractivity contribution in [2.75, 3.05) is 37.4 Å². The predicted molar refractivity (Wildman–Crippen MR) is 211 cm³/mol. The van der Waals surface area contributed by atoms with Crippen LogP contribution in [0.2, 0.25) is 0 Å². The van der Waals surface area contributed by atoms with Crippen LogP contribution in [0, 0.1) is 13.8 Å². The first-order valence-corrected chi connectivity index (χ1v) is 19.7. The third-order valence-corrected chi connectivity index (χ3v) is 11.9. The van der Waals surface area contributed by atoms with Crippen LogP contribution in [0.25, 0.3) is 11.1 Å². The molecule has 4 heterocycles. The number of hydrogen-bond donors (Lipinski definition) is 3. The summed E-state index contributed by atoms with van der Waals surface area (Å²) in [5.74, 6) is -0.453. The highest BCUT2D eigenvalue weighted by molar-refractivity contribution is 6.05. The molecule has 1 atom stereocenters. The fraction of sp³-hybridized carbons (Fsp3) is 0.432. The summed E-state index contributed by atoms with van der Waals surface area (Å²) in [5.41, 5.74) is 10.4. The fourth-order valence-corrected chi connectivity index (χ4v) is 8.28. The minimum absolute atomic E-state index is 0.239. The highest BCUT2D eigenvalue weighted by atomic mass is 16.5. The molecule has 8 rings (SSSR count). The molecule has 2 aliphatic heterocycles. The van der Waals surface area contributed by atoms with E-state index in [9.17, 15) is 19.5 Å². The van der Waals surface area contributed by atoms with Crippen molar-refractivity contribution in [3.05, 3.63) is 106 Å². The molecule has 2 aliphatic carbocycles. The molecule has 2 amide bonds. The van der Waals surface area contributed by atoms with Gasteiger partial charge in [-0.2, -0.15) is 0 Å². The number of carbonyl (C=O) groups excluding carboxylic acids is 2. The van der Waals surface area contributed by atoms with Gasteiger partial charge in [0.1, 0.15) is 17.4 Å². The number of benzene rings is 2. The zero-order valence-corrected chi connectivity index (χ0v) is 31.9. The van der Waals surface area contributed by atoms with Crippen molar-refractivity contribution in [1.82, 2.24) is 19.8 Å². The van der Waals surface area contributed by atoms with E-state index >= 15 is 0 Å². The normalized spacial score (nSPS) is 19.1. The van der Waals surface area contributed by atoms with Gasteiger partial charge < -0.3 is 20.5 Å². The summed E-state index contributed by atoms with van der Waals surface area (Å²) in [6, 6.07) is 15.1. The van der Waals surface area contributed by atoms with Crippen molar-refractivity contribution in [2.45, 2.75) is 95.9 Å². The zero-order chi connectivity index (χ0) is 38.2. The van der Waals surface area contributed by atoms with E-state index in [4.69, 9.17) is 4.74 Å². The maximum atomic E-state index is 13.7. The van der Waals surface area contributed by atoms with Crippen molar-refractivity contribution in [3.63, 3.8) is 0 Å². The van der Waals surface area contributed by atoms with Gasteiger partial charge in [-0.15, -0.1) is 0 Å². The van der Waals surface area contributed by atoms with Crippen molar-refractivity contribution in [3.8, 4) is 11.1 Å². The minimum atomic E-state index is -0.777. The van der Waals surface area contributed by atoms with Gasteiger partial charge in [0.15, 0.2) is 0 Å². The molecule has 4 aromatic rings. The summed E-state index contributed by atoms with van der Waals surface area (Å²) in [4.78, 5) is 52.8. The Labute approximate surface area is 322 Å². The first kappa shape index (κ1) is 37.0. The Kier molecular flexibility index (Phi) is 10.5. The largest absolute Gasteiger partial charge is 0.480 e. The topological polar surface area (TPSA) is 137 Å². The monoisotopic (exact) mass is 742 g/mol. The van der Waals surface area contributed by atoms with E-state index in [1.165, 1.54) is 11.1 Å². The van der Waals surface area contributed by atoms with Gasteiger partial charge in [0.25, 0.3) is 11.8 Å². The van der Waals surface area contributed by atoms with Gasteiger partial charge >= 0.3 is 5.97 Å². The van der Waals surface area contributed by atoms with Crippen LogP contribution in [0.5, 0.6) is 0 Å². The number of pyridine rings is 2. The first-order valence-electron chi connectivity index (χ1n) is 19.7. The number of ether oxygens (including phenoxy) is 1. The van der Waals surface area contributed by atoms with Gasteiger partial charge in [-0.3, -0.25) is 34.2 Å². The van der Waals surface area contributed by atoms with E-state index in [1.807, 2.05) is 73.5 Å². The lowest BCUT2D eigenvalue weighted by Crippen LogP contribution is -2.51. The molecule has 0 radical (unpaired) electrons. The minimum Gasteiger partial charge on any atom is -0.480 e. The summed E-state index contributed by atoms with van der Waals surface area (Å²) in [6.45, 7) is 7.90. The molecular formula is C44H50N6O5. The van der Waals surface area contributed by atoms with Crippen molar-refractivity contribution >= 4 is 29.2 Å². The Morgan fingerprint density at radius 3 is 1.78 bits per heavy atom. The number of carboxylic acids is 1. The van der Waals surface area contributed by atoms with Crippen LogP contribution in [0.3, 0.4) is 0 Å². The predicted octanol–water partition coefficient (Wildman–Crippen LogP) is 7.29. The molecule has 0 unspecified atom stereocenters. The number of aromatic nitrogens is 2. The molecule has 4 aliphatic rings. The molecule has 11 nitrogen and oxygen atoms in total. The summed E-state index contributed by atoms with van der Waals surface area (Å²) < 4.78 is 5.44. The van der Waals surface area contributed by atoms with Crippen LogP contribution < -0.4 is 10.6 Å². The van der Waals surface area contributed by atoms with Crippen LogP contribution in [0.1, 0.15) is 111 Å². The molecule has 0 spiro atoms. The number of amides is 2. The maximum absolute atomic E-state index is 13.7. The standard InChI is InChI=1S/C44H50N6O5/c1-26-33(8-6-10-37(26)47-42(51)39-18-35(28-13-14-28)30(20-45-39)22-49-24-32(25-49)55-3)34-9-7-11-38(27(34)2)48-43(52)40-19-36(29-15-16-29)31(21-46-40)23-50-17-5-4-12-41(50)44(53)54/h6-11,18-21,28-29,32,41H,4-5,12-17,22-25H2,1-3H3,(H,47,51)(H,48,52)(H,53,54)/t41-/m0/s1. The first-order chi connectivity index (χ1) is 26.7. The number of anilines is 2. The van der Waals surface area contributed by atoms with Gasteiger partial charge in [0.2, 0.25) is 0 Å². The third-order valence-electron chi connectivity index (χ3n) is 11.9. The van der Waals surface area contributed by atoms with Crippen molar-refractivity contribution in [1.29, 1.82) is 0 Å². The number of hydrogen-bond acceptors (Lipinski definition) is 8. The van der Waals surface area contributed by atoms with E-state index in [0.29, 0.717) is 53.7 Å². The van der Waals surface area contributed by atoms with Crippen LogP contribution in [-0.2, 0) is 22.6 Å². The van der Waals surface area contributed by atoms with Gasteiger partial charge in [0, 0.05) is 57.1 Å². The average molecular weight is 743 g/mol.